The van der Waals surface area contributed by atoms with Gasteiger partial charge in [-0.1, -0.05) is 19.6 Å². The Morgan fingerprint density at radius 1 is 1.55 bits per heavy atom. The summed E-state index contributed by atoms with van der Waals surface area (Å²) in [6.07, 6.45) is 0.616. The molecule has 0 aromatic heterocycles. The highest BCUT2D eigenvalue weighted by Crippen LogP contribution is 2.24. The number of aliphatic carboxylic acids is 1. The Kier molecular flexibility index (Phi) is 3.75. The summed E-state index contributed by atoms with van der Waals surface area (Å²) in [6.45, 7) is 6.64. The van der Waals surface area contributed by atoms with Gasteiger partial charge in [0.05, 0.1) is 13.6 Å². The number of rotatable bonds is 4. The second-order valence-electron chi connectivity index (χ2n) is 3.83. The fourth-order valence-corrected chi connectivity index (χ4v) is 2.87. The molecule has 0 aliphatic carbocycles. The van der Waals surface area contributed by atoms with Gasteiger partial charge in [-0.15, -0.1) is 0 Å². The summed E-state index contributed by atoms with van der Waals surface area (Å²) in [5.74, 6) is -0.686. The Hall–Kier alpha value is -0.353. The van der Waals surface area contributed by atoms with Gasteiger partial charge in [-0.2, -0.15) is 0 Å². The zero-order valence-electron chi connectivity index (χ0n) is 7.42. The summed E-state index contributed by atoms with van der Waals surface area (Å²) in [4.78, 5) is 10.7. The van der Waals surface area contributed by atoms with Gasteiger partial charge in [-0.25, -0.2) is 0 Å². The summed E-state index contributed by atoms with van der Waals surface area (Å²) < 4.78 is 0. The largest absolute Gasteiger partial charge is 0.481 e. The average Bonchev–Trinajstić information content (AvgIpc) is 1.79. The van der Waals surface area contributed by atoms with Gasteiger partial charge in [-0.05, 0) is 13.0 Å². The molecule has 0 aliphatic rings. The van der Waals surface area contributed by atoms with E-state index in [-0.39, 0.29) is 5.54 Å². The summed E-state index contributed by atoms with van der Waals surface area (Å²) in [5, 5.41) is 8.82. The van der Waals surface area contributed by atoms with E-state index < -0.39 is 14.0 Å². The van der Waals surface area contributed by atoms with E-state index in [0.29, 0.717) is 13.0 Å². The lowest BCUT2D eigenvalue weighted by Crippen LogP contribution is -2.35. The maximum absolute atomic E-state index is 10.7. The van der Waals surface area contributed by atoms with Crippen molar-refractivity contribution in [3.63, 3.8) is 0 Å². The molecule has 0 saturated carbocycles. The molecular weight excluding hydrogens is 158 g/mol. The summed E-state index contributed by atoms with van der Waals surface area (Å²) in [5.41, 5.74) is 5.14. The molecule has 0 bridgehead atoms. The van der Waals surface area contributed by atoms with E-state index in [9.17, 15) is 4.79 Å². The minimum Gasteiger partial charge on any atom is -0.481 e. The molecule has 0 rings (SSSR count). The topological polar surface area (TPSA) is 63.3 Å². The van der Waals surface area contributed by atoms with Crippen molar-refractivity contribution in [1.82, 2.24) is 0 Å². The highest BCUT2D eigenvalue weighted by atomic mass is 28.3. The highest BCUT2D eigenvalue weighted by Gasteiger charge is 2.31. The van der Waals surface area contributed by atoms with E-state index in [1.807, 2.05) is 0 Å². The first-order valence-corrected chi connectivity index (χ1v) is 7.40. The van der Waals surface area contributed by atoms with Crippen LogP contribution in [0.4, 0.5) is 0 Å². The maximum Gasteiger partial charge on any atom is 0.303 e. The number of carboxylic acid groups (broad SMARTS) is 1. The number of hydrogen-bond acceptors (Lipinski definition) is 2. The second-order valence-corrected chi connectivity index (χ2v) is 9.26. The predicted octanol–water partition coefficient (Wildman–Crippen LogP) is 1.13. The fourth-order valence-electron chi connectivity index (χ4n) is 1.09. The molecule has 0 aromatic rings. The zero-order valence-corrected chi connectivity index (χ0v) is 8.42. The molecule has 4 heteroatoms. The van der Waals surface area contributed by atoms with Crippen LogP contribution in [0.25, 0.3) is 0 Å². The van der Waals surface area contributed by atoms with Gasteiger partial charge in [0.25, 0.3) is 0 Å². The van der Waals surface area contributed by atoms with Gasteiger partial charge >= 0.3 is 5.97 Å². The van der Waals surface area contributed by atoms with Gasteiger partial charge in [-0.3, -0.25) is 4.79 Å². The number of nitrogens with two attached hydrogens (primary N) is 1. The van der Waals surface area contributed by atoms with Crippen molar-refractivity contribution in [2.24, 2.45) is 5.73 Å². The number of carbonyl (C=O) groups is 1. The number of hydrogen-bond donors (Lipinski definition) is 2. The van der Waals surface area contributed by atoms with Crippen LogP contribution in [0.5, 0.6) is 0 Å². The van der Waals surface area contributed by atoms with E-state index in [1.54, 1.807) is 0 Å². The van der Waals surface area contributed by atoms with Crippen LogP contribution in [0.15, 0.2) is 0 Å². The molecule has 0 radical (unpaired) electrons. The van der Waals surface area contributed by atoms with Crippen molar-refractivity contribution in [1.29, 1.82) is 0 Å². The molecule has 1 unspecified atom stereocenters. The standard InChI is InChI=1S/C7H17NO2Si/c1-11(2,3)6(4-5-8)7(9)10/h6H,4-5,8H2,1-3H3,(H,9,10). The number of carboxylic acids is 1. The van der Waals surface area contributed by atoms with Gasteiger partial charge in [0.15, 0.2) is 0 Å². The van der Waals surface area contributed by atoms with Crippen LogP contribution in [0.2, 0.25) is 25.2 Å². The molecule has 0 saturated heterocycles. The van der Waals surface area contributed by atoms with E-state index in [0.717, 1.165) is 0 Å². The zero-order chi connectivity index (χ0) is 9.07. The van der Waals surface area contributed by atoms with Crippen molar-refractivity contribution in [3.8, 4) is 0 Å². The molecule has 0 aromatic carbocycles. The molecular formula is C7H17NO2Si. The molecule has 0 amide bonds. The third-order valence-corrected chi connectivity index (χ3v) is 4.43. The minimum absolute atomic E-state index is 0.188. The molecule has 0 heterocycles. The van der Waals surface area contributed by atoms with Crippen molar-refractivity contribution in [2.75, 3.05) is 6.54 Å². The van der Waals surface area contributed by atoms with Crippen LogP contribution in [-0.2, 0) is 4.79 Å². The van der Waals surface area contributed by atoms with Crippen LogP contribution < -0.4 is 5.73 Å². The highest BCUT2D eigenvalue weighted by molar-refractivity contribution is 6.80. The monoisotopic (exact) mass is 175 g/mol. The van der Waals surface area contributed by atoms with Gasteiger partial charge in [0.2, 0.25) is 0 Å². The predicted molar refractivity (Wildman–Crippen MR) is 48.4 cm³/mol. The second kappa shape index (κ2) is 3.87. The lowest BCUT2D eigenvalue weighted by Gasteiger charge is -2.24. The van der Waals surface area contributed by atoms with E-state index in [4.69, 9.17) is 10.8 Å². The van der Waals surface area contributed by atoms with Crippen molar-refractivity contribution in [2.45, 2.75) is 31.6 Å². The minimum atomic E-state index is -1.55. The lowest BCUT2D eigenvalue weighted by atomic mass is 10.3. The van der Waals surface area contributed by atoms with Gasteiger partial charge in [0, 0.05) is 0 Å². The third-order valence-electron chi connectivity index (χ3n) is 1.80. The summed E-state index contributed by atoms with van der Waals surface area (Å²) in [6, 6.07) is 0. The summed E-state index contributed by atoms with van der Waals surface area (Å²) >= 11 is 0. The first kappa shape index (κ1) is 10.6. The Morgan fingerprint density at radius 3 is 2.09 bits per heavy atom. The normalized spacial score (nSPS) is 14.5. The molecule has 0 spiro atoms. The molecule has 0 aliphatic heterocycles. The Balaban J connectivity index is 4.22. The summed E-state index contributed by atoms with van der Waals surface area (Å²) in [7, 11) is -1.55. The first-order valence-electron chi connectivity index (χ1n) is 3.82. The lowest BCUT2D eigenvalue weighted by molar-refractivity contribution is -0.137. The van der Waals surface area contributed by atoms with Gasteiger partial charge in [0.1, 0.15) is 0 Å². The van der Waals surface area contributed by atoms with E-state index >= 15 is 0 Å². The van der Waals surface area contributed by atoms with E-state index in [2.05, 4.69) is 19.6 Å². The SMILES string of the molecule is C[Si](C)(C)C(CCN)C(=O)O. The van der Waals surface area contributed by atoms with E-state index in [1.165, 1.54) is 0 Å². The van der Waals surface area contributed by atoms with Gasteiger partial charge < -0.3 is 10.8 Å². The van der Waals surface area contributed by atoms with Crippen LogP contribution in [-0.4, -0.2) is 25.7 Å². The first-order chi connectivity index (χ1) is 4.89. The molecule has 11 heavy (non-hydrogen) atoms. The molecule has 1 atom stereocenters. The van der Waals surface area contributed by atoms with Crippen molar-refractivity contribution < 1.29 is 9.90 Å². The van der Waals surface area contributed by atoms with Crippen LogP contribution in [0.3, 0.4) is 0 Å². The third kappa shape index (κ3) is 3.53. The van der Waals surface area contributed by atoms with Crippen LogP contribution >= 0.6 is 0 Å². The molecule has 0 fully saturated rings. The molecule has 3 nitrogen and oxygen atoms in total. The fraction of sp³-hybridized carbons (Fsp3) is 0.857. The van der Waals surface area contributed by atoms with Crippen molar-refractivity contribution in [3.05, 3.63) is 0 Å². The molecule has 66 valence electrons. The van der Waals surface area contributed by atoms with Crippen LogP contribution in [0.1, 0.15) is 6.42 Å². The Bertz CT molecular complexity index is 142. The Labute approximate surface area is 68.6 Å². The smallest absolute Gasteiger partial charge is 0.303 e. The Morgan fingerprint density at radius 2 is 2.00 bits per heavy atom. The maximum atomic E-state index is 10.7. The van der Waals surface area contributed by atoms with Crippen molar-refractivity contribution >= 4 is 14.0 Å². The average molecular weight is 175 g/mol. The quantitative estimate of drug-likeness (QED) is 0.629. The molecule has 3 N–H and O–H groups in total. The van der Waals surface area contributed by atoms with Crippen LogP contribution in [0, 0.1) is 0 Å².